The number of fused-ring (bicyclic) bond motifs is 2. The summed E-state index contributed by atoms with van der Waals surface area (Å²) in [6, 6.07) is 5.27. The van der Waals surface area contributed by atoms with Gasteiger partial charge in [-0.3, -0.25) is 0 Å². The van der Waals surface area contributed by atoms with Crippen molar-refractivity contribution in [3.8, 4) is 11.5 Å². The largest absolute Gasteiger partial charge is 0.449 e. The lowest BCUT2D eigenvalue weighted by molar-refractivity contribution is -0.0640. The molecule has 0 radical (unpaired) electrons. The van der Waals surface area contributed by atoms with E-state index < -0.39 is 5.79 Å². The quantitative estimate of drug-likeness (QED) is 0.906. The summed E-state index contributed by atoms with van der Waals surface area (Å²) in [5, 5.41) is 7.23. The minimum Gasteiger partial charge on any atom is -0.449 e. The fourth-order valence-electron chi connectivity index (χ4n) is 3.02. The Kier molecular flexibility index (Phi) is 3.55. The van der Waals surface area contributed by atoms with Gasteiger partial charge in [0.15, 0.2) is 11.5 Å². The van der Waals surface area contributed by atoms with Gasteiger partial charge in [0, 0.05) is 31.6 Å². The number of carbonyl (C=O) groups excluding carboxylic acids is 1. The number of nitrogens with one attached hydrogen (secondary N) is 1. The van der Waals surface area contributed by atoms with Crippen molar-refractivity contribution in [2.24, 2.45) is 0 Å². The lowest BCUT2D eigenvalue weighted by Gasteiger charge is -2.26. The number of aryl methyl sites for hydroxylation is 1. The van der Waals surface area contributed by atoms with Crippen molar-refractivity contribution < 1.29 is 14.3 Å². The highest BCUT2D eigenvalue weighted by molar-refractivity contribution is 5.89. The van der Waals surface area contributed by atoms with Crippen LogP contribution in [0.2, 0.25) is 0 Å². The van der Waals surface area contributed by atoms with Crippen LogP contribution in [0.4, 0.5) is 10.5 Å². The summed E-state index contributed by atoms with van der Waals surface area (Å²) in [7, 11) is 0. The number of carbonyl (C=O) groups is 1. The van der Waals surface area contributed by atoms with Crippen molar-refractivity contribution in [1.82, 2.24) is 19.7 Å². The zero-order chi connectivity index (χ0) is 17.6. The first-order valence-corrected chi connectivity index (χ1v) is 8.44. The van der Waals surface area contributed by atoms with Gasteiger partial charge < -0.3 is 19.7 Å². The number of ether oxygens (including phenoxy) is 2. The molecule has 1 aromatic heterocycles. The zero-order valence-electron chi connectivity index (χ0n) is 14.6. The molecule has 2 aromatic rings. The van der Waals surface area contributed by atoms with Crippen LogP contribution in [0.3, 0.4) is 0 Å². The average molecular weight is 343 g/mol. The topological polar surface area (TPSA) is 81.5 Å². The molecule has 25 heavy (non-hydrogen) atoms. The van der Waals surface area contributed by atoms with Crippen molar-refractivity contribution in [3.63, 3.8) is 0 Å². The first-order chi connectivity index (χ1) is 12.0. The van der Waals surface area contributed by atoms with Crippen molar-refractivity contribution in [3.05, 3.63) is 29.8 Å². The van der Waals surface area contributed by atoms with E-state index >= 15 is 0 Å². The molecule has 1 N–H and O–H groups in total. The van der Waals surface area contributed by atoms with Crippen LogP contribution in [-0.4, -0.2) is 38.0 Å². The second-order valence-electron chi connectivity index (χ2n) is 6.50. The third kappa shape index (κ3) is 2.88. The van der Waals surface area contributed by atoms with Crippen LogP contribution >= 0.6 is 0 Å². The molecule has 0 unspecified atom stereocenters. The van der Waals surface area contributed by atoms with E-state index in [1.54, 1.807) is 11.0 Å². The minimum absolute atomic E-state index is 0.163. The average Bonchev–Trinajstić information content (AvgIpc) is 3.12. The molecule has 0 bridgehead atoms. The van der Waals surface area contributed by atoms with E-state index in [4.69, 9.17) is 9.47 Å². The summed E-state index contributed by atoms with van der Waals surface area (Å²) < 4.78 is 13.5. The number of benzene rings is 1. The monoisotopic (exact) mass is 343 g/mol. The number of nitrogens with zero attached hydrogens (tertiary/aromatic N) is 4. The number of urea groups is 1. The van der Waals surface area contributed by atoms with E-state index in [1.165, 1.54) is 0 Å². The molecule has 2 aliphatic heterocycles. The summed E-state index contributed by atoms with van der Waals surface area (Å²) in [4.78, 5) is 18.6. The van der Waals surface area contributed by atoms with Crippen LogP contribution in [0.15, 0.2) is 18.2 Å². The molecule has 2 amide bonds. The van der Waals surface area contributed by atoms with Gasteiger partial charge in [0.25, 0.3) is 0 Å². The Morgan fingerprint density at radius 3 is 2.92 bits per heavy atom. The van der Waals surface area contributed by atoms with Crippen molar-refractivity contribution in [2.45, 2.75) is 46.1 Å². The molecule has 0 saturated heterocycles. The summed E-state index contributed by atoms with van der Waals surface area (Å²) >= 11 is 0. The van der Waals surface area contributed by atoms with E-state index in [9.17, 15) is 4.79 Å². The Bertz CT molecular complexity index is 834. The van der Waals surface area contributed by atoms with Crippen LogP contribution in [-0.2, 0) is 13.1 Å². The Hall–Kier alpha value is -2.77. The van der Waals surface area contributed by atoms with Gasteiger partial charge in [0.1, 0.15) is 11.6 Å². The van der Waals surface area contributed by atoms with E-state index in [1.807, 2.05) is 37.6 Å². The zero-order valence-corrected chi connectivity index (χ0v) is 14.6. The van der Waals surface area contributed by atoms with Gasteiger partial charge in [-0.25, -0.2) is 14.5 Å². The molecule has 1 atom stereocenters. The van der Waals surface area contributed by atoms with Crippen LogP contribution in [0.25, 0.3) is 0 Å². The lowest BCUT2D eigenvalue weighted by Crippen LogP contribution is -2.41. The van der Waals surface area contributed by atoms with E-state index in [0.717, 1.165) is 18.1 Å². The summed E-state index contributed by atoms with van der Waals surface area (Å²) in [5.74, 6) is 2.25. The molecule has 8 heteroatoms. The number of hydrogen-bond donors (Lipinski definition) is 1. The van der Waals surface area contributed by atoms with Crippen LogP contribution in [0.5, 0.6) is 11.5 Å². The molecule has 0 fully saturated rings. The molecule has 132 valence electrons. The minimum atomic E-state index is -0.639. The van der Waals surface area contributed by atoms with Gasteiger partial charge in [-0.05, 0) is 19.1 Å². The predicted molar refractivity (Wildman–Crippen MR) is 90.6 cm³/mol. The maximum absolute atomic E-state index is 12.6. The molecule has 0 saturated carbocycles. The van der Waals surface area contributed by atoms with E-state index in [-0.39, 0.29) is 6.03 Å². The Balaban J connectivity index is 1.45. The van der Waals surface area contributed by atoms with Gasteiger partial charge in [-0.15, -0.1) is 0 Å². The van der Waals surface area contributed by atoms with Crippen LogP contribution < -0.4 is 14.8 Å². The number of hydrogen-bond acceptors (Lipinski definition) is 5. The van der Waals surface area contributed by atoms with Gasteiger partial charge in [0.2, 0.25) is 5.79 Å². The van der Waals surface area contributed by atoms with Crippen molar-refractivity contribution in [2.75, 3.05) is 11.9 Å². The normalized spacial score (nSPS) is 21.2. The number of amides is 2. The van der Waals surface area contributed by atoms with Crippen molar-refractivity contribution >= 4 is 11.7 Å². The Labute approximate surface area is 145 Å². The molecule has 4 rings (SSSR count). The lowest BCUT2D eigenvalue weighted by atomic mass is 10.2. The van der Waals surface area contributed by atoms with Gasteiger partial charge in [0.05, 0.1) is 13.1 Å². The summed E-state index contributed by atoms with van der Waals surface area (Å²) in [5.41, 5.74) is 0.677. The summed E-state index contributed by atoms with van der Waals surface area (Å²) in [6.07, 6.45) is 0.733. The van der Waals surface area contributed by atoms with Crippen LogP contribution in [0, 0.1) is 6.92 Å². The Morgan fingerprint density at radius 1 is 1.32 bits per heavy atom. The number of anilines is 1. The maximum Gasteiger partial charge on any atom is 0.322 e. The van der Waals surface area contributed by atoms with Crippen LogP contribution in [0.1, 0.15) is 31.9 Å². The highest BCUT2D eigenvalue weighted by Crippen LogP contribution is 2.42. The predicted octanol–water partition coefficient (Wildman–Crippen LogP) is 2.53. The first kappa shape index (κ1) is 15.7. The standard InChI is InChI=1S/C17H21N5O3/c1-4-17(3)24-13-6-5-12(9-14(13)25-17)19-16(23)21-7-8-22-15(10-21)18-11(2)20-22/h5-6,9H,4,7-8,10H2,1-3H3,(H,19,23)/t17-/m0/s1. The Morgan fingerprint density at radius 2 is 2.12 bits per heavy atom. The smallest absolute Gasteiger partial charge is 0.322 e. The van der Waals surface area contributed by atoms with E-state index in [0.29, 0.717) is 36.8 Å². The fourth-order valence-corrected chi connectivity index (χ4v) is 3.02. The molecule has 0 aliphatic carbocycles. The van der Waals surface area contributed by atoms with Gasteiger partial charge >= 0.3 is 6.03 Å². The SMILES string of the molecule is CC[C@@]1(C)Oc2ccc(NC(=O)N3CCn4nc(C)nc4C3)cc2O1. The number of aromatic nitrogens is 3. The third-order valence-corrected chi connectivity index (χ3v) is 4.54. The molecule has 0 spiro atoms. The molecule has 3 heterocycles. The highest BCUT2D eigenvalue weighted by Gasteiger charge is 2.35. The molecular weight excluding hydrogens is 322 g/mol. The van der Waals surface area contributed by atoms with Gasteiger partial charge in [-0.1, -0.05) is 6.92 Å². The van der Waals surface area contributed by atoms with Gasteiger partial charge in [-0.2, -0.15) is 5.10 Å². The number of rotatable bonds is 2. The molecule has 1 aromatic carbocycles. The highest BCUT2D eigenvalue weighted by atomic mass is 16.7. The molecule has 8 nitrogen and oxygen atoms in total. The first-order valence-electron chi connectivity index (χ1n) is 8.44. The fraction of sp³-hybridized carbons (Fsp3) is 0.471. The summed E-state index contributed by atoms with van der Waals surface area (Å²) in [6.45, 7) is 7.46. The second kappa shape index (κ2) is 5.65. The maximum atomic E-state index is 12.6. The van der Waals surface area contributed by atoms with E-state index in [2.05, 4.69) is 15.4 Å². The third-order valence-electron chi connectivity index (χ3n) is 4.54. The second-order valence-corrected chi connectivity index (χ2v) is 6.50. The molecule has 2 aliphatic rings. The molecular formula is C17H21N5O3. The van der Waals surface area contributed by atoms with Crippen molar-refractivity contribution in [1.29, 1.82) is 0 Å².